The predicted octanol–water partition coefficient (Wildman–Crippen LogP) is 2.52. The third kappa shape index (κ3) is 4.61. The number of aryl methyl sites for hydroxylation is 1. The van der Waals surface area contributed by atoms with Crippen LogP contribution in [0.3, 0.4) is 0 Å². The molecule has 1 heterocycles. The minimum Gasteiger partial charge on any atom is -0.481 e. The molecule has 4 nitrogen and oxygen atoms in total. The monoisotopic (exact) mass is 312 g/mol. The Labute approximate surface area is 133 Å². The molecule has 0 aromatic heterocycles. The summed E-state index contributed by atoms with van der Waals surface area (Å²) in [4.78, 5) is 14.4. The number of nitrogens with two attached hydrogens (primary N) is 1. The number of nitrogens with zero attached hydrogens (tertiary/aromatic N) is 1. The molecule has 0 bridgehead atoms. The van der Waals surface area contributed by atoms with Gasteiger partial charge in [-0.2, -0.15) is 0 Å². The fraction of sp³-hybridized carbons (Fsp3) is 0.562. The third-order valence-electron chi connectivity index (χ3n) is 3.83. The van der Waals surface area contributed by atoms with E-state index in [4.69, 9.17) is 10.5 Å². The van der Waals surface area contributed by atoms with Gasteiger partial charge in [-0.15, -0.1) is 12.4 Å². The lowest BCUT2D eigenvalue weighted by atomic mass is 10.0. The highest BCUT2D eigenvalue weighted by Crippen LogP contribution is 2.20. The van der Waals surface area contributed by atoms with E-state index < -0.39 is 6.10 Å². The first-order chi connectivity index (χ1) is 9.61. The second kappa shape index (κ2) is 8.25. The Morgan fingerprint density at radius 3 is 2.90 bits per heavy atom. The first-order valence-electron chi connectivity index (χ1n) is 7.35. The first kappa shape index (κ1) is 17.8. The van der Waals surface area contributed by atoms with Crippen LogP contribution in [0.1, 0.15) is 31.7 Å². The van der Waals surface area contributed by atoms with Crippen LogP contribution in [0.5, 0.6) is 5.75 Å². The molecule has 2 unspecified atom stereocenters. The Morgan fingerprint density at radius 2 is 2.24 bits per heavy atom. The molecule has 0 aliphatic carbocycles. The van der Waals surface area contributed by atoms with Gasteiger partial charge in [-0.1, -0.05) is 12.1 Å². The summed E-state index contributed by atoms with van der Waals surface area (Å²) in [5, 5.41) is 0. The Morgan fingerprint density at radius 1 is 1.48 bits per heavy atom. The maximum atomic E-state index is 12.5. The minimum absolute atomic E-state index is 0. The van der Waals surface area contributed by atoms with Gasteiger partial charge in [0.15, 0.2) is 6.10 Å². The summed E-state index contributed by atoms with van der Waals surface area (Å²) in [6.07, 6.45) is 2.74. The normalized spacial score (nSPS) is 19.6. The fourth-order valence-corrected chi connectivity index (χ4v) is 2.71. The lowest BCUT2D eigenvalue weighted by Gasteiger charge is -2.36. The van der Waals surface area contributed by atoms with E-state index in [1.165, 1.54) is 0 Å². The highest BCUT2D eigenvalue weighted by molar-refractivity contribution is 5.85. The van der Waals surface area contributed by atoms with Gasteiger partial charge in [0.1, 0.15) is 5.75 Å². The summed E-state index contributed by atoms with van der Waals surface area (Å²) >= 11 is 0. The number of likely N-dealkylation sites (tertiary alicyclic amines) is 1. The second-order valence-corrected chi connectivity index (χ2v) is 5.49. The summed E-state index contributed by atoms with van der Waals surface area (Å²) in [6.45, 7) is 5.15. The van der Waals surface area contributed by atoms with Gasteiger partial charge in [-0.25, -0.2) is 0 Å². The van der Waals surface area contributed by atoms with Crippen molar-refractivity contribution >= 4 is 18.3 Å². The van der Waals surface area contributed by atoms with Gasteiger partial charge in [0.2, 0.25) is 0 Å². The largest absolute Gasteiger partial charge is 0.481 e. The number of piperidine rings is 1. The van der Waals surface area contributed by atoms with Crippen LogP contribution in [-0.2, 0) is 4.79 Å². The molecule has 2 N–H and O–H groups in total. The van der Waals surface area contributed by atoms with Gasteiger partial charge in [0.05, 0.1) is 0 Å². The molecule has 1 saturated heterocycles. The van der Waals surface area contributed by atoms with Gasteiger partial charge >= 0.3 is 0 Å². The van der Waals surface area contributed by atoms with E-state index in [-0.39, 0.29) is 24.4 Å². The second-order valence-electron chi connectivity index (χ2n) is 5.49. The van der Waals surface area contributed by atoms with Crippen LogP contribution in [0.15, 0.2) is 24.3 Å². The Balaban J connectivity index is 0.00000220. The minimum atomic E-state index is -0.469. The Hall–Kier alpha value is -1.26. The molecule has 1 aromatic carbocycles. The molecular weight excluding hydrogens is 288 g/mol. The van der Waals surface area contributed by atoms with Crippen LogP contribution in [0.2, 0.25) is 0 Å². The van der Waals surface area contributed by atoms with Crippen LogP contribution < -0.4 is 10.5 Å². The number of carbonyl (C=O) groups is 1. The number of rotatable bonds is 4. The standard InChI is InChI=1S/C16H24N2O2.ClH/c1-12-6-5-8-15(10-12)20-13(2)16(19)18-9-4-3-7-14(18)11-17;/h5-6,8,10,13-14H,3-4,7,9,11,17H2,1-2H3;1H. The van der Waals surface area contributed by atoms with Crippen molar-refractivity contribution in [3.8, 4) is 5.75 Å². The summed E-state index contributed by atoms with van der Waals surface area (Å²) in [5.74, 6) is 0.786. The zero-order valence-corrected chi connectivity index (χ0v) is 13.6. The molecule has 1 fully saturated rings. The molecule has 1 aliphatic heterocycles. The SMILES string of the molecule is Cc1cccc(OC(C)C(=O)N2CCCCC2CN)c1.Cl. The molecule has 118 valence electrons. The van der Waals surface area contributed by atoms with E-state index in [1.807, 2.05) is 43.0 Å². The molecule has 0 radical (unpaired) electrons. The fourth-order valence-electron chi connectivity index (χ4n) is 2.71. The van der Waals surface area contributed by atoms with Crippen molar-refractivity contribution in [3.63, 3.8) is 0 Å². The summed E-state index contributed by atoms with van der Waals surface area (Å²) in [5.41, 5.74) is 6.89. The topological polar surface area (TPSA) is 55.6 Å². The van der Waals surface area contributed by atoms with E-state index in [0.29, 0.717) is 6.54 Å². The Bertz CT molecular complexity index is 467. The third-order valence-corrected chi connectivity index (χ3v) is 3.83. The number of hydrogen-bond donors (Lipinski definition) is 1. The van der Waals surface area contributed by atoms with E-state index in [1.54, 1.807) is 0 Å². The number of ether oxygens (including phenoxy) is 1. The van der Waals surface area contributed by atoms with Crippen LogP contribution in [0.4, 0.5) is 0 Å². The molecule has 1 aliphatic rings. The van der Waals surface area contributed by atoms with E-state index in [9.17, 15) is 4.79 Å². The average molecular weight is 313 g/mol. The van der Waals surface area contributed by atoms with E-state index >= 15 is 0 Å². The van der Waals surface area contributed by atoms with Gasteiger partial charge in [0.25, 0.3) is 5.91 Å². The zero-order valence-electron chi connectivity index (χ0n) is 12.7. The molecule has 0 saturated carbocycles. The van der Waals surface area contributed by atoms with Crippen molar-refractivity contribution in [3.05, 3.63) is 29.8 Å². The van der Waals surface area contributed by atoms with Gasteiger partial charge in [-0.3, -0.25) is 4.79 Å². The lowest BCUT2D eigenvalue weighted by molar-refractivity contribution is -0.141. The lowest BCUT2D eigenvalue weighted by Crippen LogP contribution is -2.51. The molecule has 0 spiro atoms. The smallest absolute Gasteiger partial charge is 0.263 e. The van der Waals surface area contributed by atoms with Crippen molar-refractivity contribution < 1.29 is 9.53 Å². The van der Waals surface area contributed by atoms with Crippen molar-refractivity contribution in [2.24, 2.45) is 5.73 Å². The summed E-state index contributed by atoms with van der Waals surface area (Å²) in [6, 6.07) is 7.94. The molecular formula is C16H25ClN2O2. The van der Waals surface area contributed by atoms with Crippen molar-refractivity contribution in [2.45, 2.75) is 45.3 Å². The number of hydrogen-bond acceptors (Lipinski definition) is 3. The van der Waals surface area contributed by atoms with Gasteiger partial charge in [0, 0.05) is 19.1 Å². The average Bonchev–Trinajstić information content (AvgIpc) is 2.46. The molecule has 1 aromatic rings. The maximum Gasteiger partial charge on any atom is 0.263 e. The number of benzene rings is 1. The van der Waals surface area contributed by atoms with Crippen molar-refractivity contribution in [1.29, 1.82) is 0 Å². The van der Waals surface area contributed by atoms with Crippen LogP contribution >= 0.6 is 12.4 Å². The quantitative estimate of drug-likeness (QED) is 0.929. The van der Waals surface area contributed by atoms with E-state index in [2.05, 4.69) is 0 Å². The zero-order chi connectivity index (χ0) is 14.5. The van der Waals surface area contributed by atoms with Crippen molar-refractivity contribution in [2.75, 3.05) is 13.1 Å². The van der Waals surface area contributed by atoms with Crippen molar-refractivity contribution in [1.82, 2.24) is 4.90 Å². The number of carbonyl (C=O) groups excluding carboxylic acids is 1. The van der Waals surface area contributed by atoms with E-state index in [0.717, 1.165) is 37.1 Å². The number of amides is 1. The van der Waals surface area contributed by atoms with Crippen LogP contribution in [0, 0.1) is 6.92 Å². The molecule has 1 amide bonds. The van der Waals surface area contributed by atoms with Crippen LogP contribution in [0.25, 0.3) is 0 Å². The summed E-state index contributed by atoms with van der Waals surface area (Å²) in [7, 11) is 0. The highest BCUT2D eigenvalue weighted by atomic mass is 35.5. The highest BCUT2D eigenvalue weighted by Gasteiger charge is 2.29. The maximum absolute atomic E-state index is 12.5. The number of halogens is 1. The molecule has 2 atom stereocenters. The Kier molecular flexibility index (Phi) is 6.99. The van der Waals surface area contributed by atoms with Gasteiger partial charge < -0.3 is 15.4 Å². The molecule has 21 heavy (non-hydrogen) atoms. The predicted molar refractivity (Wildman–Crippen MR) is 86.9 cm³/mol. The summed E-state index contributed by atoms with van der Waals surface area (Å²) < 4.78 is 5.77. The van der Waals surface area contributed by atoms with Crippen LogP contribution in [-0.4, -0.2) is 36.0 Å². The first-order valence-corrected chi connectivity index (χ1v) is 7.35. The molecule has 2 rings (SSSR count). The molecule has 5 heteroatoms. The van der Waals surface area contributed by atoms with Gasteiger partial charge in [-0.05, 0) is 50.8 Å².